The Kier molecular flexibility index (Phi) is 3.10. The molecule has 0 unspecified atom stereocenters. The topological polar surface area (TPSA) is 63.9 Å². The first kappa shape index (κ1) is 11.6. The minimum absolute atomic E-state index is 0.383. The van der Waals surface area contributed by atoms with Gasteiger partial charge in [-0.1, -0.05) is 0 Å². The third kappa shape index (κ3) is 2.45. The molecule has 0 aliphatic heterocycles. The molecule has 2 aromatic rings. The minimum Gasteiger partial charge on any atom is -0.496 e. The van der Waals surface area contributed by atoms with E-state index in [1.165, 1.54) is 0 Å². The fourth-order valence-corrected chi connectivity index (χ4v) is 1.89. The zero-order valence-corrected chi connectivity index (χ0v) is 10.5. The lowest BCUT2D eigenvalue weighted by Crippen LogP contribution is -1.95. The number of rotatable bonds is 2. The molecule has 1 aromatic heterocycles. The van der Waals surface area contributed by atoms with Gasteiger partial charge in [-0.15, -0.1) is 0 Å². The summed E-state index contributed by atoms with van der Waals surface area (Å²) in [7, 11) is 1.65. The molecular weight excluding hydrogens is 234 g/mol. The van der Waals surface area contributed by atoms with E-state index >= 15 is 0 Å². The van der Waals surface area contributed by atoms with Crippen LogP contribution in [-0.4, -0.2) is 17.1 Å². The number of nitrogens with one attached hydrogen (secondary N) is 1. The molecule has 1 aromatic carbocycles. The van der Waals surface area contributed by atoms with Gasteiger partial charge in [0.15, 0.2) is 4.77 Å². The molecule has 0 spiro atoms. The fraction of sp³-hybridized carbons (Fsp3) is 0.167. The van der Waals surface area contributed by atoms with Gasteiger partial charge < -0.3 is 15.5 Å². The highest BCUT2D eigenvalue weighted by atomic mass is 32.1. The van der Waals surface area contributed by atoms with Crippen LogP contribution in [0.4, 0.5) is 5.82 Å². The molecule has 4 nitrogen and oxygen atoms in total. The summed E-state index contributed by atoms with van der Waals surface area (Å²) in [5, 5.41) is 0. The number of benzene rings is 1. The molecule has 5 heteroatoms. The number of anilines is 1. The lowest BCUT2D eigenvalue weighted by molar-refractivity contribution is 0.412. The van der Waals surface area contributed by atoms with Crippen molar-refractivity contribution in [1.82, 2.24) is 9.97 Å². The monoisotopic (exact) mass is 247 g/mol. The van der Waals surface area contributed by atoms with E-state index in [4.69, 9.17) is 22.7 Å². The maximum Gasteiger partial charge on any atom is 0.199 e. The van der Waals surface area contributed by atoms with Gasteiger partial charge in [-0.05, 0) is 48.5 Å². The molecule has 0 radical (unpaired) electrons. The Morgan fingerprint density at radius 3 is 2.71 bits per heavy atom. The van der Waals surface area contributed by atoms with Gasteiger partial charge in [0.05, 0.1) is 12.8 Å². The van der Waals surface area contributed by atoms with Crippen LogP contribution in [0.5, 0.6) is 5.75 Å². The predicted molar refractivity (Wildman–Crippen MR) is 70.6 cm³/mol. The normalized spacial score (nSPS) is 10.2. The molecule has 88 valence electrons. The van der Waals surface area contributed by atoms with E-state index in [0.29, 0.717) is 10.6 Å². The van der Waals surface area contributed by atoms with E-state index in [1.54, 1.807) is 13.2 Å². The second-order valence-electron chi connectivity index (χ2n) is 3.71. The second kappa shape index (κ2) is 4.55. The fourth-order valence-electron chi connectivity index (χ4n) is 1.68. The molecule has 1 heterocycles. The molecule has 0 amide bonds. The summed E-state index contributed by atoms with van der Waals surface area (Å²) in [4.78, 5) is 6.94. The lowest BCUT2D eigenvalue weighted by Gasteiger charge is -2.08. The SMILES string of the molecule is COc1ccc(-c2cc(N)nc(=S)[nH]2)cc1C. The van der Waals surface area contributed by atoms with E-state index in [2.05, 4.69) is 9.97 Å². The summed E-state index contributed by atoms with van der Waals surface area (Å²) >= 11 is 5.00. The van der Waals surface area contributed by atoms with E-state index in [9.17, 15) is 0 Å². The lowest BCUT2D eigenvalue weighted by atomic mass is 10.1. The Morgan fingerprint density at radius 2 is 2.12 bits per heavy atom. The summed E-state index contributed by atoms with van der Waals surface area (Å²) in [5.41, 5.74) is 8.58. The number of aromatic nitrogens is 2. The average Bonchev–Trinajstić information content (AvgIpc) is 2.27. The van der Waals surface area contributed by atoms with Crippen molar-refractivity contribution < 1.29 is 4.74 Å². The number of hydrogen-bond acceptors (Lipinski definition) is 4. The Hall–Kier alpha value is -1.88. The summed E-state index contributed by atoms with van der Waals surface area (Å²) in [5.74, 6) is 1.27. The van der Waals surface area contributed by atoms with Gasteiger partial charge in [0.25, 0.3) is 0 Å². The molecular formula is C12H13N3OS. The number of nitrogens with two attached hydrogens (primary N) is 1. The predicted octanol–water partition coefficient (Wildman–Crippen LogP) is 2.71. The van der Waals surface area contributed by atoms with Gasteiger partial charge in [0, 0.05) is 6.07 Å². The van der Waals surface area contributed by atoms with Crippen LogP contribution in [0.15, 0.2) is 24.3 Å². The van der Waals surface area contributed by atoms with Gasteiger partial charge in [-0.25, -0.2) is 4.98 Å². The maximum absolute atomic E-state index is 5.67. The number of aryl methyl sites for hydroxylation is 1. The molecule has 0 aliphatic rings. The van der Waals surface area contributed by atoms with Crippen molar-refractivity contribution in [1.29, 1.82) is 0 Å². The zero-order valence-electron chi connectivity index (χ0n) is 9.65. The molecule has 0 saturated carbocycles. The number of H-pyrrole nitrogens is 1. The molecule has 0 atom stereocenters. The van der Waals surface area contributed by atoms with Crippen LogP contribution >= 0.6 is 12.2 Å². The Morgan fingerprint density at radius 1 is 1.35 bits per heavy atom. The molecule has 3 N–H and O–H groups in total. The smallest absolute Gasteiger partial charge is 0.199 e. The highest BCUT2D eigenvalue weighted by molar-refractivity contribution is 7.71. The van der Waals surface area contributed by atoms with Crippen LogP contribution < -0.4 is 10.5 Å². The number of nitrogen functional groups attached to an aromatic ring is 1. The van der Waals surface area contributed by atoms with Crippen LogP contribution in [0.1, 0.15) is 5.56 Å². The van der Waals surface area contributed by atoms with Crippen molar-refractivity contribution >= 4 is 18.0 Å². The average molecular weight is 247 g/mol. The van der Waals surface area contributed by atoms with Crippen molar-refractivity contribution in [3.05, 3.63) is 34.6 Å². The summed E-state index contributed by atoms with van der Waals surface area (Å²) < 4.78 is 5.60. The van der Waals surface area contributed by atoms with Crippen molar-refractivity contribution in [3.8, 4) is 17.0 Å². The van der Waals surface area contributed by atoms with Crippen LogP contribution in [0, 0.1) is 11.7 Å². The number of nitrogens with zero attached hydrogens (tertiary/aromatic N) is 1. The summed E-state index contributed by atoms with van der Waals surface area (Å²) in [6, 6.07) is 7.64. The van der Waals surface area contributed by atoms with Crippen LogP contribution in [-0.2, 0) is 0 Å². The van der Waals surface area contributed by atoms with Gasteiger partial charge in [0.2, 0.25) is 0 Å². The number of ether oxygens (including phenoxy) is 1. The molecule has 17 heavy (non-hydrogen) atoms. The van der Waals surface area contributed by atoms with Crippen molar-refractivity contribution in [2.24, 2.45) is 0 Å². The maximum atomic E-state index is 5.67. The third-order valence-corrected chi connectivity index (χ3v) is 2.66. The summed E-state index contributed by atoms with van der Waals surface area (Å²) in [6.07, 6.45) is 0. The van der Waals surface area contributed by atoms with E-state index in [0.717, 1.165) is 22.6 Å². The van der Waals surface area contributed by atoms with Crippen LogP contribution in [0.25, 0.3) is 11.3 Å². The Labute approximate surface area is 104 Å². The number of aromatic amines is 1. The van der Waals surface area contributed by atoms with Crippen molar-refractivity contribution in [3.63, 3.8) is 0 Å². The van der Waals surface area contributed by atoms with Crippen molar-refractivity contribution in [2.45, 2.75) is 6.92 Å². The molecule has 0 bridgehead atoms. The van der Waals surface area contributed by atoms with E-state index in [1.807, 2.05) is 25.1 Å². The second-order valence-corrected chi connectivity index (χ2v) is 4.10. The first-order valence-corrected chi connectivity index (χ1v) is 5.53. The Balaban J connectivity index is 2.53. The van der Waals surface area contributed by atoms with Gasteiger partial charge in [-0.2, -0.15) is 0 Å². The first-order chi connectivity index (χ1) is 8.10. The van der Waals surface area contributed by atoms with Gasteiger partial charge >= 0.3 is 0 Å². The molecule has 2 rings (SSSR count). The highest BCUT2D eigenvalue weighted by Crippen LogP contribution is 2.25. The largest absolute Gasteiger partial charge is 0.496 e. The van der Waals surface area contributed by atoms with Crippen LogP contribution in [0.2, 0.25) is 0 Å². The summed E-state index contributed by atoms with van der Waals surface area (Å²) in [6.45, 7) is 1.99. The Bertz CT molecular complexity index is 607. The van der Waals surface area contributed by atoms with E-state index < -0.39 is 0 Å². The first-order valence-electron chi connectivity index (χ1n) is 5.12. The quantitative estimate of drug-likeness (QED) is 0.801. The van der Waals surface area contributed by atoms with Crippen molar-refractivity contribution in [2.75, 3.05) is 12.8 Å². The van der Waals surface area contributed by atoms with Gasteiger partial charge in [0.1, 0.15) is 11.6 Å². The molecule has 0 saturated heterocycles. The van der Waals surface area contributed by atoms with E-state index in [-0.39, 0.29) is 0 Å². The number of hydrogen-bond donors (Lipinski definition) is 2. The zero-order chi connectivity index (χ0) is 12.4. The number of methoxy groups -OCH3 is 1. The van der Waals surface area contributed by atoms with Crippen LogP contribution in [0.3, 0.4) is 0 Å². The standard InChI is InChI=1S/C12H13N3OS/c1-7-5-8(3-4-10(7)16-2)9-6-11(13)15-12(17)14-9/h3-6H,1-2H3,(H3,13,14,15,17). The van der Waals surface area contributed by atoms with Gasteiger partial charge in [-0.3, -0.25) is 0 Å². The molecule has 0 fully saturated rings. The minimum atomic E-state index is 0.383. The molecule has 0 aliphatic carbocycles. The third-order valence-electron chi connectivity index (χ3n) is 2.47. The highest BCUT2D eigenvalue weighted by Gasteiger charge is 2.03.